The minimum atomic E-state index is 0.218. The molecule has 1 aliphatic carbocycles. The Morgan fingerprint density at radius 2 is 1.19 bits per heavy atom. The fourth-order valence-corrected chi connectivity index (χ4v) is 4.27. The first-order valence-corrected chi connectivity index (χ1v) is 12.0. The number of hydrogen-bond acceptors (Lipinski definition) is 2. The van der Waals surface area contributed by atoms with Crippen LogP contribution in [0.15, 0.2) is 4.99 Å². The van der Waals surface area contributed by atoms with Crippen LogP contribution < -0.4 is 16.8 Å². The molecule has 1 fully saturated rings. The fraction of sp³-hybridized carbons (Fsp3) is 0.957. The van der Waals surface area contributed by atoms with Gasteiger partial charge in [0, 0.05) is 6.54 Å². The summed E-state index contributed by atoms with van der Waals surface area (Å²) in [6, 6.07) is 0. The van der Waals surface area contributed by atoms with Gasteiger partial charge in [0.15, 0.2) is 5.96 Å². The van der Waals surface area contributed by atoms with Crippen LogP contribution in [0.5, 0.6) is 0 Å². The van der Waals surface area contributed by atoms with Crippen LogP contribution in [-0.4, -0.2) is 25.6 Å². The average molecular weight is 381 g/mol. The molecule has 4 nitrogen and oxygen atoms in total. The Kier molecular flexibility index (Phi) is 16.7. The van der Waals surface area contributed by atoms with Crippen LogP contribution in [0.2, 0.25) is 0 Å². The van der Waals surface area contributed by atoms with E-state index in [4.69, 9.17) is 11.5 Å². The van der Waals surface area contributed by atoms with Crippen LogP contribution in [0, 0.1) is 5.92 Å². The van der Waals surface area contributed by atoms with Crippen molar-refractivity contribution >= 4 is 5.96 Å². The third-order valence-corrected chi connectivity index (χ3v) is 6.00. The molecule has 160 valence electrons. The molecule has 0 unspecified atom stereocenters. The predicted molar refractivity (Wildman–Crippen MR) is 120 cm³/mol. The lowest BCUT2D eigenvalue weighted by molar-refractivity contribution is 0.328. The Balaban J connectivity index is 1.67. The van der Waals surface area contributed by atoms with Crippen molar-refractivity contribution in [3.05, 3.63) is 0 Å². The normalized spacial score (nSPS) is 15.1. The first-order valence-electron chi connectivity index (χ1n) is 12.0. The van der Waals surface area contributed by atoms with Crippen LogP contribution in [-0.2, 0) is 0 Å². The Morgan fingerprint density at radius 1 is 0.667 bits per heavy atom. The van der Waals surface area contributed by atoms with Crippen molar-refractivity contribution < 1.29 is 0 Å². The van der Waals surface area contributed by atoms with Crippen molar-refractivity contribution in [1.29, 1.82) is 0 Å². The second-order valence-corrected chi connectivity index (χ2v) is 8.59. The van der Waals surface area contributed by atoms with Crippen LogP contribution in [0.3, 0.4) is 0 Å². The molecule has 0 aromatic rings. The third-order valence-electron chi connectivity index (χ3n) is 6.00. The Labute approximate surface area is 169 Å². The van der Waals surface area contributed by atoms with E-state index >= 15 is 0 Å². The van der Waals surface area contributed by atoms with E-state index in [-0.39, 0.29) is 5.96 Å². The zero-order valence-corrected chi connectivity index (χ0v) is 18.0. The van der Waals surface area contributed by atoms with E-state index in [0.717, 1.165) is 18.9 Å². The maximum absolute atomic E-state index is 5.31. The van der Waals surface area contributed by atoms with E-state index < -0.39 is 0 Å². The van der Waals surface area contributed by atoms with Gasteiger partial charge >= 0.3 is 0 Å². The van der Waals surface area contributed by atoms with Crippen LogP contribution in [0.1, 0.15) is 116 Å². The molecule has 0 spiro atoms. The maximum atomic E-state index is 5.31. The molecule has 1 aliphatic rings. The summed E-state index contributed by atoms with van der Waals surface area (Å²) in [6.45, 7) is 3.18. The van der Waals surface area contributed by atoms with Gasteiger partial charge in [-0.1, -0.05) is 96.3 Å². The van der Waals surface area contributed by atoms with Crippen LogP contribution >= 0.6 is 0 Å². The number of nitrogens with zero attached hydrogens (tertiary/aromatic N) is 1. The van der Waals surface area contributed by atoms with E-state index in [2.05, 4.69) is 10.3 Å². The van der Waals surface area contributed by atoms with Crippen molar-refractivity contribution in [3.63, 3.8) is 0 Å². The van der Waals surface area contributed by atoms with Gasteiger partial charge < -0.3 is 16.8 Å². The zero-order chi connectivity index (χ0) is 19.4. The van der Waals surface area contributed by atoms with Gasteiger partial charge in [-0.05, 0) is 38.3 Å². The monoisotopic (exact) mass is 380 g/mol. The van der Waals surface area contributed by atoms with Gasteiger partial charge in [-0.15, -0.1) is 0 Å². The van der Waals surface area contributed by atoms with Gasteiger partial charge in [-0.25, -0.2) is 0 Å². The number of unbranched alkanes of at least 4 members (excludes halogenated alkanes) is 10. The highest BCUT2D eigenvalue weighted by molar-refractivity contribution is 5.75. The van der Waals surface area contributed by atoms with E-state index in [1.807, 2.05) is 0 Å². The first kappa shape index (κ1) is 24.3. The highest BCUT2D eigenvalue weighted by Gasteiger charge is 2.12. The first-order chi connectivity index (χ1) is 13.3. The average Bonchev–Trinajstić information content (AvgIpc) is 2.67. The molecule has 27 heavy (non-hydrogen) atoms. The number of nitrogens with two attached hydrogens (primary N) is 2. The summed E-state index contributed by atoms with van der Waals surface area (Å²) in [4.78, 5) is 4.01. The van der Waals surface area contributed by atoms with Crippen molar-refractivity contribution in [2.24, 2.45) is 22.4 Å². The van der Waals surface area contributed by atoms with E-state index in [1.165, 1.54) is 122 Å². The second kappa shape index (κ2) is 18.6. The summed E-state index contributed by atoms with van der Waals surface area (Å²) in [5.41, 5.74) is 10.6. The number of aliphatic imine (C=N–C) groups is 1. The molecule has 1 saturated carbocycles. The topological polar surface area (TPSA) is 76.4 Å². The summed E-state index contributed by atoms with van der Waals surface area (Å²) in [7, 11) is 0. The lowest BCUT2D eigenvalue weighted by atomic mass is 9.85. The summed E-state index contributed by atoms with van der Waals surface area (Å²) in [5.74, 6) is 1.29. The molecule has 0 heterocycles. The van der Waals surface area contributed by atoms with Crippen LogP contribution in [0.25, 0.3) is 0 Å². The van der Waals surface area contributed by atoms with Crippen molar-refractivity contribution in [1.82, 2.24) is 5.32 Å². The molecule has 1 rings (SSSR count). The van der Waals surface area contributed by atoms with Crippen molar-refractivity contribution in [2.45, 2.75) is 116 Å². The smallest absolute Gasteiger partial charge is 0.185 e. The maximum Gasteiger partial charge on any atom is 0.185 e. The largest absolute Gasteiger partial charge is 0.370 e. The van der Waals surface area contributed by atoms with Crippen LogP contribution in [0.4, 0.5) is 0 Å². The van der Waals surface area contributed by atoms with Gasteiger partial charge in [0.2, 0.25) is 0 Å². The number of guanidine groups is 1. The van der Waals surface area contributed by atoms with E-state index in [9.17, 15) is 0 Å². The molecular formula is C23H48N4. The SMILES string of the molecule is NC(N)=NCCCCCCCCNCCCCCCCCC1CCCCC1. The summed E-state index contributed by atoms with van der Waals surface area (Å²) >= 11 is 0. The zero-order valence-electron chi connectivity index (χ0n) is 18.0. The summed E-state index contributed by atoms with van der Waals surface area (Å²) in [6.07, 6.45) is 25.3. The number of nitrogens with one attached hydrogen (secondary N) is 1. The van der Waals surface area contributed by atoms with Gasteiger partial charge in [-0.3, -0.25) is 4.99 Å². The highest BCUT2D eigenvalue weighted by atomic mass is 15.0. The standard InChI is InChI=1S/C23H48N4/c24-23(25)27-21-15-8-4-3-7-14-20-26-19-13-6-2-1-5-10-16-22-17-11-9-12-18-22/h22,26H,1-21H2,(H4,24,25,27). The predicted octanol–water partition coefficient (Wildman–Crippen LogP) is 5.50. The molecule has 0 radical (unpaired) electrons. The van der Waals surface area contributed by atoms with E-state index in [0.29, 0.717) is 0 Å². The van der Waals surface area contributed by atoms with Gasteiger partial charge in [0.05, 0.1) is 0 Å². The molecule has 5 N–H and O–H groups in total. The fourth-order valence-electron chi connectivity index (χ4n) is 4.27. The summed E-state index contributed by atoms with van der Waals surface area (Å²) < 4.78 is 0. The lowest BCUT2D eigenvalue weighted by Crippen LogP contribution is -2.22. The minimum absolute atomic E-state index is 0.218. The molecule has 0 amide bonds. The molecule has 0 aromatic heterocycles. The molecule has 0 saturated heterocycles. The Morgan fingerprint density at radius 3 is 1.78 bits per heavy atom. The van der Waals surface area contributed by atoms with Gasteiger partial charge in [0.25, 0.3) is 0 Å². The van der Waals surface area contributed by atoms with Crippen molar-refractivity contribution in [2.75, 3.05) is 19.6 Å². The molecule has 0 atom stereocenters. The Bertz CT molecular complexity index is 333. The van der Waals surface area contributed by atoms with Gasteiger partial charge in [0.1, 0.15) is 0 Å². The lowest BCUT2D eigenvalue weighted by Gasteiger charge is -2.21. The Hall–Kier alpha value is -0.770. The molecule has 0 aromatic carbocycles. The van der Waals surface area contributed by atoms with Gasteiger partial charge in [-0.2, -0.15) is 0 Å². The quantitative estimate of drug-likeness (QED) is 0.167. The summed E-state index contributed by atoms with van der Waals surface area (Å²) in [5, 5.41) is 3.61. The van der Waals surface area contributed by atoms with Crippen molar-refractivity contribution in [3.8, 4) is 0 Å². The highest BCUT2D eigenvalue weighted by Crippen LogP contribution is 2.28. The molecule has 0 aliphatic heterocycles. The second-order valence-electron chi connectivity index (χ2n) is 8.59. The molecule has 4 heteroatoms. The third kappa shape index (κ3) is 17.1. The minimum Gasteiger partial charge on any atom is -0.370 e. The number of hydrogen-bond donors (Lipinski definition) is 3. The number of rotatable bonds is 18. The molecular weight excluding hydrogens is 332 g/mol. The molecule has 0 bridgehead atoms. The van der Waals surface area contributed by atoms with E-state index in [1.54, 1.807) is 0 Å².